The summed E-state index contributed by atoms with van der Waals surface area (Å²) in [4.78, 5) is 0. The van der Waals surface area contributed by atoms with Crippen molar-refractivity contribution in [2.75, 3.05) is 5.73 Å². The molecule has 1 aromatic carbocycles. The zero-order chi connectivity index (χ0) is 10.8. The van der Waals surface area contributed by atoms with Crippen LogP contribution >= 0.6 is 0 Å². The van der Waals surface area contributed by atoms with Crippen molar-refractivity contribution < 1.29 is 0 Å². The third kappa shape index (κ3) is 1.83. The number of rotatable bonds is 2. The maximum Gasteiger partial charge on any atom is 0.166 e. The van der Waals surface area contributed by atoms with Crippen LogP contribution < -0.4 is 5.73 Å². The van der Waals surface area contributed by atoms with E-state index in [0.717, 1.165) is 5.69 Å². The van der Waals surface area contributed by atoms with Crippen molar-refractivity contribution in [3.63, 3.8) is 0 Å². The van der Waals surface area contributed by atoms with Crippen LogP contribution in [0.15, 0.2) is 30.5 Å². The summed E-state index contributed by atoms with van der Waals surface area (Å²) in [6, 6.07) is 8.12. The minimum atomic E-state index is 0.438. The van der Waals surface area contributed by atoms with E-state index in [9.17, 15) is 0 Å². The van der Waals surface area contributed by atoms with Crippen LogP contribution in [0.2, 0.25) is 0 Å². The second-order valence-electron chi connectivity index (χ2n) is 3.80. The Morgan fingerprint density at radius 2 is 2.00 bits per heavy atom. The van der Waals surface area contributed by atoms with Crippen molar-refractivity contribution in [1.82, 2.24) is 15.0 Å². The minimum absolute atomic E-state index is 0.438. The molecule has 0 atom stereocenters. The highest BCUT2D eigenvalue weighted by atomic mass is 15.4. The van der Waals surface area contributed by atoms with E-state index in [2.05, 4.69) is 30.2 Å². The predicted octanol–water partition coefficient (Wildman–Crippen LogP) is 1.97. The first kappa shape index (κ1) is 9.71. The van der Waals surface area contributed by atoms with E-state index in [-0.39, 0.29) is 0 Å². The van der Waals surface area contributed by atoms with Crippen LogP contribution in [0.5, 0.6) is 0 Å². The molecule has 0 spiro atoms. The molecule has 4 heteroatoms. The Morgan fingerprint density at radius 3 is 2.60 bits per heavy atom. The Labute approximate surface area is 88.7 Å². The molecule has 0 amide bonds. The van der Waals surface area contributed by atoms with Crippen LogP contribution in [0.4, 0.5) is 5.82 Å². The van der Waals surface area contributed by atoms with Gasteiger partial charge in [-0.25, -0.2) is 4.68 Å². The van der Waals surface area contributed by atoms with Crippen molar-refractivity contribution in [3.05, 3.63) is 36.0 Å². The normalized spacial score (nSPS) is 10.9. The van der Waals surface area contributed by atoms with Gasteiger partial charge in [-0.05, 0) is 17.5 Å². The van der Waals surface area contributed by atoms with Gasteiger partial charge in [-0.2, -0.15) is 0 Å². The van der Waals surface area contributed by atoms with Gasteiger partial charge in [-0.1, -0.05) is 37.3 Å². The van der Waals surface area contributed by atoms with Crippen LogP contribution in [0, 0.1) is 0 Å². The van der Waals surface area contributed by atoms with Crippen molar-refractivity contribution in [2.24, 2.45) is 0 Å². The van der Waals surface area contributed by atoms with Crippen molar-refractivity contribution in [2.45, 2.75) is 19.8 Å². The topological polar surface area (TPSA) is 56.7 Å². The highest BCUT2D eigenvalue weighted by Crippen LogP contribution is 2.22. The fourth-order valence-corrected chi connectivity index (χ4v) is 1.58. The Hall–Kier alpha value is -1.84. The van der Waals surface area contributed by atoms with Crippen LogP contribution in [0.1, 0.15) is 25.3 Å². The standard InChI is InChI=1S/C11H14N4/c1-8(2)9-5-3-4-6-10(9)15-7-11(12)13-14-15/h3-8H,12H2,1-2H3. The van der Waals surface area contributed by atoms with Crippen LogP contribution in [0.25, 0.3) is 5.69 Å². The van der Waals surface area contributed by atoms with E-state index < -0.39 is 0 Å². The van der Waals surface area contributed by atoms with Crippen molar-refractivity contribution in [3.8, 4) is 5.69 Å². The molecule has 0 saturated heterocycles. The van der Waals surface area contributed by atoms with E-state index in [1.807, 2.05) is 18.2 Å². The van der Waals surface area contributed by atoms with E-state index in [1.165, 1.54) is 5.56 Å². The monoisotopic (exact) mass is 202 g/mol. The van der Waals surface area contributed by atoms with Gasteiger partial charge in [-0.3, -0.25) is 0 Å². The van der Waals surface area contributed by atoms with E-state index in [0.29, 0.717) is 11.7 Å². The van der Waals surface area contributed by atoms with Crippen molar-refractivity contribution in [1.29, 1.82) is 0 Å². The van der Waals surface area contributed by atoms with Crippen molar-refractivity contribution >= 4 is 5.82 Å². The maximum atomic E-state index is 5.55. The summed E-state index contributed by atoms with van der Waals surface area (Å²) in [6.45, 7) is 4.30. The molecule has 2 aromatic rings. The van der Waals surface area contributed by atoms with Gasteiger partial charge in [0.15, 0.2) is 5.82 Å². The molecule has 0 saturated carbocycles. The highest BCUT2D eigenvalue weighted by Gasteiger charge is 2.08. The first-order valence-corrected chi connectivity index (χ1v) is 4.95. The van der Waals surface area contributed by atoms with Gasteiger partial charge in [0.25, 0.3) is 0 Å². The summed E-state index contributed by atoms with van der Waals surface area (Å²) in [6.07, 6.45) is 1.72. The summed E-state index contributed by atoms with van der Waals surface area (Å²) in [5.41, 5.74) is 7.82. The van der Waals surface area contributed by atoms with Gasteiger partial charge < -0.3 is 5.73 Å². The molecule has 1 heterocycles. The van der Waals surface area contributed by atoms with Crippen LogP contribution in [0.3, 0.4) is 0 Å². The molecule has 0 aliphatic heterocycles. The number of anilines is 1. The molecule has 0 radical (unpaired) electrons. The largest absolute Gasteiger partial charge is 0.381 e. The lowest BCUT2D eigenvalue weighted by molar-refractivity contribution is 0.771. The number of aromatic nitrogens is 3. The third-order valence-corrected chi connectivity index (χ3v) is 2.32. The quantitative estimate of drug-likeness (QED) is 0.810. The number of para-hydroxylation sites is 1. The fourth-order valence-electron chi connectivity index (χ4n) is 1.58. The maximum absolute atomic E-state index is 5.55. The summed E-state index contributed by atoms with van der Waals surface area (Å²) < 4.78 is 1.71. The summed E-state index contributed by atoms with van der Waals surface area (Å²) in [7, 11) is 0. The molecule has 78 valence electrons. The van der Waals surface area contributed by atoms with Gasteiger partial charge in [0, 0.05) is 0 Å². The highest BCUT2D eigenvalue weighted by molar-refractivity contribution is 5.43. The molecule has 0 aliphatic rings. The van der Waals surface area contributed by atoms with Gasteiger partial charge >= 0.3 is 0 Å². The molecule has 2 N–H and O–H groups in total. The lowest BCUT2D eigenvalue weighted by Crippen LogP contribution is -2.01. The van der Waals surface area contributed by atoms with E-state index in [1.54, 1.807) is 10.9 Å². The van der Waals surface area contributed by atoms with Crippen LogP contribution in [-0.2, 0) is 0 Å². The zero-order valence-corrected chi connectivity index (χ0v) is 8.88. The number of nitrogen functional groups attached to an aromatic ring is 1. The summed E-state index contributed by atoms with van der Waals surface area (Å²) >= 11 is 0. The first-order valence-electron chi connectivity index (χ1n) is 4.95. The molecular weight excluding hydrogens is 188 g/mol. The number of hydrogen-bond acceptors (Lipinski definition) is 3. The molecule has 0 aliphatic carbocycles. The number of benzene rings is 1. The first-order chi connectivity index (χ1) is 7.18. The average molecular weight is 202 g/mol. The second-order valence-corrected chi connectivity index (χ2v) is 3.80. The molecule has 0 unspecified atom stereocenters. The molecule has 2 rings (SSSR count). The Balaban J connectivity index is 2.52. The second kappa shape index (κ2) is 3.73. The average Bonchev–Trinajstić information content (AvgIpc) is 2.65. The summed E-state index contributed by atoms with van der Waals surface area (Å²) in [5, 5.41) is 7.75. The number of hydrogen-bond donors (Lipinski definition) is 1. The van der Waals surface area contributed by atoms with E-state index >= 15 is 0 Å². The lowest BCUT2D eigenvalue weighted by Gasteiger charge is -2.11. The molecular formula is C11H14N4. The van der Waals surface area contributed by atoms with Crippen LogP contribution in [-0.4, -0.2) is 15.0 Å². The SMILES string of the molecule is CC(C)c1ccccc1-n1cc(N)nn1. The van der Waals surface area contributed by atoms with E-state index in [4.69, 9.17) is 5.73 Å². The fraction of sp³-hybridized carbons (Fsp3) is 0.273. The van der Waals surface area contributed by atoms with Gasteiger partial charge in [-0.15, -0.1) is 5.10 Å². The zero-order valence-electron chi connectivity index (χ0n) is 8.88. The van der Waals surface area contributed by atoms with Gasteiger partial charge in [0.1, 0.15) is 0 Å². The smallest absolute Gasteiger partial charge is 0.166 e. The molecule has 15 heavy (non-hydrogen) atoms. The predicted molar refractivity (Wildman–Crippen MR) is 59.9 cm³/mol. The Morgan fingerprint density at radius 1 is 1.27 bits per heavy atom. The lowest BCUT2D eigenvalue weighted by atomic mass is 10.0. The third-order valence-electron chi connectivity index (χ3n) is 2.32. The number of nitrogens with zero attached hydrogens (tertiary/aromatic N) is 3. The number of nitrogens with two attached hydrogens (primary N) is 1. The van der Waals surface area contributed by atoms with Gasteiger partial charge in [0.2, 0.25) is 0 Å². The molecule has 0 bridgehead atoms. The molecule has 0 fully saturated rings. The minimum Gasteiger partial charge on any atom is -0.381 e. The Bertz CT molecular complexity index is 459. The summed E-state index contributed by atoms with van der Waals surface area (Å²) in [5.74, 6) is 0.889. The molecule has 4 nitrogen and oxygen atoms in total. The molecule has 1 aromatic heterocycles. The Kier molecular flexibility index (Phi) is 2.41. The van der Waals surface area contributed by atoms with Gasteiger partial charge in [0.05, 0.1) is 11.9 Å².